The van der Waals surface area contributed by atoms with E-state index >= 15 is 0 Å². The van der Waals surface area contributed by atoms with E-state index in [1.165, 1.54) is 12.1 Å². The third-order valence-corrected chi connectivity index (χ3v) is 6.38. The summed E-state index contributed by atoms with van der Waals surface area (Å²) in [6.07, 6.45) is 1.15. The summed E-state index contributed by atoms with van der Waals surface area (Å²) in [5.74, 6) is -0.399. The van der Waals surface area contributed by atoms with Crippen molar-refractivity contribution in [3.8, 4) is 22.4 Å². The number of amides is 1. The third kappa shape index (κ3) is 4.70. The molecule has 0 unspecified atom stereocenters. The van der Waals surface area contributed by atoms with Crippen LogP contribution < -0.4 is 5.32 Å². The number of carbonyl (C=O) groups is 1. The molecule has 1 heterocycles. The maximum Gasteiger partial charge on any atom is 0.274 e. The SMILES string of the molecule is CS(=O)(=O)c1ccc(-c2n[nH]c(C(=O)Nc3cccc(Cl)c3)c2-c2ccc(Cl)cc2)cc1. The minimum atomic E-state index is -3.33. The molecule has 0 aliphatic carbocycles. The van der Waals surface area contributed by atoms with Gasteiger partial charge in [0.05, 0.1) is 4.90 Å². The Bertz CT molecular complexity index is 1400. The van der Waals surface area contributed by atoms with Crippen molar-refractivity contribution in [2.24, 2.45) is 0 Å². The largest absolute Gasteiger partial charge is 0.321 e. The number of hydrogen-bond acceptors (Lipinski definition) is 4. The van der Waals surface area contributed by atoms with Crippen LogP contribution >= 0.6 is 23.2 Å². The number of halogens is 2. The zero-order chi connectivity index (χ0) is 22.9. The maximum absolute atomic E-state index is 13.1. The van der Waals surface area contributed by atoms with E-state index in [0.29, 0.717) is 32.6 Å². The van der Waals surface area contributed by atoms with Crippen LogP contribution in [0.2, 0.25) is 10.0 Å². The molecule has 0 radical (unpaired) electrons. The molecule has 0 spiro atoms. The van der Waals surface area contributed by atoms with Crippen molar-refractivity contribution in [1.82, 2.24) is 10.2 Å². The van der Waals surface area contributed by atoms with Gasteiger partial charge in [0.15, 0.2) is 9.84 Å². The number of carbonyl (C=O) groups excluding carboxylic acids is 1. The molecule has 6 nitrogen and oxygen atoms in total. The van der Waals surface area contributed by atoms with Crippen molar-refractivity contribution < 1.29 is 13.2 Å². The van der Waals surface area contributed by atoms with Gasteiger partial charge in [-0.3, -0.25) is 9.89 Å². The van der Waals surface area contributed by atoms with Crippen molar-refractivity contribution in [3.05, 3.63) is 88.5 Å². The van der Waals surface area contributed by atoms with Gasteiger partial charge in [0.2, 0.25) is 0 Å². The maximum atomic E-state index is 13.1. The monoisotopic (exact) mass is 485 g/mol. The lowest BCUT2D eigenvalue weighted by atomic mass is 9.98. The quantitative estimate of drug-likeness (QED) is 0.378. The molecule has 9 heteroatoms. The highest BCUT2D eigenvalue weighted by atomic mass is 35.5. The molecule has 1 aromatic heterocycles. The molecular formula is C23H17Cl2N3O3S. The average molecular weight is 486 g/mol. The fourth-order valence-corrected chi connectivity index (χ4v) is 4.18. The number of rotatable bonds is 5. The molecule has 162 valence electrons. The van der Waals surface area contributed by atoms with Gasteiger partial charge in [0.25, 0.3) is 5.91 Å². The second kappa shape index (κ2) is 8.78. The van der Waals surface area contributed by atoms with Crippen molar-refractivity contribution in [3.63, 3.8) is 0 Å². The predicted molar refractivity (Wildman–Crippen MR) is 127 cm³/mol. The number of anilines is 1. The zero-order valence-corrected chi connectivity index (χ0v) is 19.1. The van der Waals surface area contributed by atoms with Crippen LogP contribution in [0, 0.1) is 0 Å². The molecule has 0 saturated heterocycles. The summed E-state index contributed by atoms with van der Waals surface area (Å²) in [5, 5.41) is 11.1. The van der Waals surface area contributed by atoms with Crippen LogP contribution in [0.25, 0.3) is 22.4 Å². The van der Waals surface area contributed by atoms with Gasteiger partial charge in [-0.1, -0.05) is 53.5 Å². The molecule has 32 heavy (non-hydrogen) atoms. The smallest absolute Gasteiger partial charge is 0.274 e. The first-order chi connectivity index (χ1) is 15.2. The fourth-order valence-electron chi connectivity index (χ4n) is 3.23. The topological polar surface area (TPSA) is 91.9 Å². The van der Waals surface area contributed by atoms with Crippen LogP contribution in [-0.4, -0.2) is 30.8 Å². The molecule has 0 atom stereocenters. The lowest BCUT2D eigenvalue weighted by Gasteiger charge is -2.09. The van der Waals surface area contributed by atoms with Crippen LogP contribution in [0.3, 0.4) is 0 Å². The number of aromatic nitrogens is 2. The second-order valence-corrected chi connectivity index (χ2v) is 9.98. The highest BCUT2D eigenvalue weighted by molar-refractivity contribution is 7.90. The Hall–Kier alpha value is -3.13. The average Bonchev–Trinajstić information content (AvgIpc) is 3.19. The minimum absolute atomic E-state index is 0.198. The Labute approximate surface area is 195 Å². The zero-order valence-electron chi connectivity index (χ0n) is 16.8. The van der Waals surface area contributed by atoms with E-state index in [9.17, 15) is 13.2 Å². The van der Waals surface area contributed by atoms with Crippen LogP contribution in [0.5, 0.6) is 0 Å². The molecule has 0 bridgehead atoms. The number of H-pyrrole nitrogens is 1. The Morgan fingerprint density at radius 1 is 0.906 bits per heavy atom. The molecule has 1 amide bonds. The number of benzene rings is 3. The molecule has 4 rings (SSSR count). The number of hydrogen-bond donors (Lipinski definition) is 2. The molecule has 4 aromatic rings. The molecular weight excluding hydrogens is 469 g/mol. The normalized spacial score (nSPS) is 11.3. The first-order valence-electron chi connectivity index (χ1n) is 9.44. The van der Waals surface area contributed by atoms with Gasteiger partial charge in [-0.25, -0.2) is 8.42 Å². The predicted octanol–water partition coefficient (Wildman–Crippen LogP) is 5.71. The van der Waals surface area contributed by atoms with E-state index in [2.05, 4.69) is 15.5 Å². The van der Waals surface area contributed by atoms with Gasteiger partial charge in [-0.2, -0.15) is 5.10 Å². The van der Waals surface area contributed by atoms with E-state index in [-0.39, 0.29) is 10.6 Å². The first kappa shape index (κ1) is 22.1. The molecule has 3 aromatic carbocycles. The van der Waals surface area contributed by atoms with Crippen molar-refractivity contribution in [2.45, 2.75) is 4.90 Å². The lowest BCUT2D eigenvalue weighted by molar-refractivity contribution is 0.102. The Kier molecular flexibility index (Phi) is 6.06. The summed E-state index contributed by atoms with van der Waals surface area (Å²) in [6.45, 7) is 0. The Morgan fingerprint density at radius 3 is 2.19 bits per heavy atom. The van der Waals surface area contributed by atoms with Gasteiger partial charge in [-0.15, -0.1) is 0 Å². The van der Waals surface area contributed by atoms with Crippen molar-refractivity contribution in [2.75, 3.05) is 11.6 Å². The number of nitrogens with one attached hydrogen (secondary N) is 2. The number of sulfone groups is 1. The van der Waals surface area contributed by atoms with Gasteiger partial charge >= 0.3 is 0 Å². The molecule has 0 saturated carbocycles. The molecule has 2 N–H and O–H groups in total. The van der Waals surface area contributed by atoms with Gasteiger partial charge in [0.1, 0.15) is 11.4 Å². The van der Waals surface area contributed by atoms with Crippen LogP contribution in [0.4, 0.5) is 5.69 Å². The molecule has 0 fully saturated rings. The van der Waals surface area contributed by atoms with Crippen LogP contribution in [0.15, 0.2) is 77.7 Å². The van der Waals surface area contributed by atoms with Crippen LogP contribution in [0.1, 0.15) is 10.5 Å². The van der Waals surface area contributed by atoms with E-state index in [4.69, 9.17) is 23.2 Å². The highest BCUT2D eigenvalue weighted by Gasteiger charge is 2.22. The van der Waals surface area contributed by atoms with Crippen LogP contribution in [-0.2, 0) is 9.84 Å². The van der Waals surface area contributed by atoms with Gasteiger partial charge < -0.3 is 5.32 Å². The molecule has 0 aliphatic heterocycles. The highest BCUT2D eigenvalue weighted by Crippen LogP contribution is 2.34. The summed E-state index contributed by atoms with van der Waals surface area (Å²) in [5.41, 5.74) is 3.23. The van der Waals surface area contributed by atoms with E-state index in [1.807, 2.05) is 0 Å². The van der Waals surface area contributed by atoms with Gasteiger partial charge in [-0.05, 0) is 48.0 Å². The van der Waals surface area contributed by atoms with E-state index in [1.54, 1.807) is 60.7 Å². The first-order valence-corrected chi connectivity index (χ1v) is 12.1. The van der Waals surface area contributed by atoms with E-state index in [0.717, 1.165) is 11.8 Å². The second-order valence-electron chi connectivity index (χ2n) is 7.09. The summed E-state index contributed by atoms with van der Waals surface area (Å²) >= 11 is 12.1. The summed E-state index contributed by atoms with van der Waals surface area (Å²) in [4.78, 5) is 13.3. The Balaban J connectivity index is 1.80. The van der Waals surface area contributed by atoms with E-state index < -0.39 is 15.7 Å². The van der Waals surface area contributed by atoms with Gasteiger partial charge in [0, 0.05) is 33.1 Å². The summed E-state index contributed by atoms with van der Waals surface area (Å²) < 4.78 is 23.6. The van der Waals surface area contributed by atoms with Crippen molar-refractivity contribution >= 4 is 44.6 Å². The summed E-state index contributed by atoms with van der Waals surface area (Å²) in [6, 6.07) is 20.2. The number of aromatic amines is 1. The fraction of sp³-hybridized carbons (Fsp3) is 0.0435. The Morgan fingerprint density at radius 2 is 1.56 bits per heavy atom. The standard InChI is InChI=1S/C23H17Cl2N3O3S/c1-32(30,31)19-11-7-15(8-12-19)21-20(14-5-9-16(24)10-6-14)22(28-27-21)23(29)26-18-4-2-3-17(25)13-18/h2-13H,1H3,(H,26,29)(H,27,28). The summed E-state index contributed by atoms with van der Waals surface area (Å²) in [7, 11) is -3.33. The third-order valence-electron chi connectivity index (χ3n) is 4.76. The molecule has 0 aliphatic rings. The number of nitrogens with zero attached hydrogens (tertiary/aromatic N) is 1. The van der Waals surface area contributed by atoms with Crippen molar-refractivity contribution in [1.29, 1.82) is 0 Å². The lowest BCUT2D eigenvalue weighted by Crippen LogP contribution is -2.13. The minimum Gasteiger partial charge on any atom is -0.321 e.